The molecule has 0 aromatic heterocycles. The van der Waals surface area contributed by atoms with E-state index in [1.54, 1.807) is 0 Å². The molecule has 59 valence electrons. The first-order chi connectivity index (χ1) is 4.46. The standard InChI is InChI=1S/C5H4F5/c6-2-1-3(7)5(9,10)4(2)8/h1-4H. The third kappa shape index (κ3) is 0.876. The maximum atomic E-state index is 12.0. The summed E-state index contributed by atoms with van der Waals surface area (Å²) in [6.07, 6.45) is -8.27. The second kappa shape index (κ2) is 2.07. The van der Waals surface area contributed by atoms with Gasteiger partial charge in [-0.1, -0.05) is 0 Å². The Bertz CT molecular complexity index is 134. The highest BCUT2D eigenvalue weighted by atomic mass is 19.3. The Hall–Kier alpha value is -0.350. The molecule has 0 spiro atoms. The zero-order valence-electron chi connectivity index (χ0n) is 4.70. The van der Waals surface area contributed by atoms with Gasteiger partial charge in [0.2, 0.25) is 0 Å². The molecule has 0 aromatic carbocycles. The molecule has 0 N–H and O–H groups in total. The van der Waals surface area contributed by atoms with Gasteiger partial charge in [-0.3, -0.25) is 0 Å². The minimum Gasteiger partial charge on any atom is -0.244 e. The van der Waals surface area contributed by atoms with Crippen LogP contribution >= 0.6 is 0 Å². The average Bonchev–Trinajstić information content (AvgIpc) is 1.97. The third-order valence-corrected chi connectivity index (χ3v) is 1.37. The summed E-state index contributed by atoms with van der Waals surface area (Å²) in [5, 5.41) is 0. The van der Waals surface area contributed by atoms with Gasteiger partial charge in [-0.25, -0.2) is 13.2 Å². The molecule has 1 rings (SSSR count). The van der Waals surface area contributed by atoms with Gasteiger partial charge in [0.25, 0.3) is 0 Å². The van der Waals surface area contributed by atoms with Gasteiger partial charge in [0.1, 0.15) is 6.17 Å². The van der Waals surface area contributed by atoms with Crippen molar-refractivity contribution in [2.75, 3.05) is 0 Å². The number of halogens is 5. The molecule has 0 aliphatic heterocycles. The lowest BCUT2D eigenvalue weighted by Crippen LogP contribution is -2.34. The smallest absolute Gasteiger partial charge is 0.244 e. The van der Waals surface area contributed by atoms with Crippen LogP contribution in [0.3, 0.4) is 0 Å². The largest absolute Gasteiger partial charge is 0.312 e. The second-order valence-electron chi connectivity index (χ2n) is 2.11. The molecule has 0 heterocycles. The van der Waals surface area contributed by atoms with Crippen LogP contribution in [0.2, 0.25) is 0 Å². The summed E-state index contributed by atoms with van der Waals surface area (Å²) in [6.45, 7) is 0. The fraction of sp³-hybridized carbons (Fsp3) is 0.800. The fourth-order valence-electron chi connectivity index (χ4n) is 0.752. The van der Waals surface area contributed by atoms with E-state index in [2.05, 4.69) is 0 Å². The summed E-state index contributed by atoms with van der Waals surface area (Å²) in [7, 11) is 0. The first-order valence-corrected chi connectivity index (χ1v) is 2.61. The summed E-state index contributed by atoms with van der Waals surface area (Å²) in [5.41, 5.74) is 0. The Morgan fingerprint density at radius 3 is 1.70 bits per heavy atom. The predicted molar refractivity (Wildman–Crippen MR) is 23.9 cm³/mol. The SMILES string of the molecule is FC1[CH]C(F)C(F)(F)C1F. The van der Waals surface area contributed by atoms with Crippen LogP contribution in [0.15, 0.2) is 0 Å². The first-order valence-electron chi connectivity index (χ1n) is 2.61. The summed E-state index contributed by atoms with van der Waals surface area (Å²) in [5.74, 6) is -4.18. The highest BCUT2D eigenvalue weighted by molar-refractivity contribution is 5.09. The molecule has 1 fully saturated rings. The van der Waals surface area contributed by atoms with Crippen LogP contribution in [0.5, 0.6) is 0 Å². The normalized spacial score (nSPS) is 45.9. The maximum Gasteiger partial charge on any atom is 0.312 e. The van der Waals surface area contributed by atoms with Crippen molar-refractivity contribution in [1.82, 2.24) is 0 Å². The van der Waals surface area contributed by atoms with Crippen molar-refractivity contribution in [3.8, 4) is 0 Å². The molecule has 1 aliphatic rings. The van der Waals surface area contributed by atoms with Crippen molar-refractivity contribution in [1.29, 1.82) is 0 Å². The molecule has 0 aromatic rings. The number of rotatable bonds is 0. The molecule has 0 amide bonds. The fourth-order valence-corrected chi connectivity index (χ4v) is 0.752. The van der Waals surface area contributed by atoms with Gasteiger partial charge in [-0.15, -0.1) is 0 Å². The van der Waals surface area contributed by atoms with E-state index in [-0.39, 0.29) is 6.42 Å². The molecule has 1 radical (unpaired) electrons. The summed E-state index contributed by atoms with van der Waals surface area (Å²) >= 11 is 0. The minimum absolute atomic E-state index is 0.0324. The molecule has 1 aliphatic carbocycles. The Morgan fingerprint density at radius 1 is 1.10 bits per heavy atom. The van der Waals surface area contributed by atoms with Gasteiger partial charge in [0, 0.05) is 6.42 Å². The van der Waals surface area contributed by atoms with Crippen molar-refractivity contribution < 1.29 is 22.0 Å². The van der Waals surface area contributed by atoms with E-state index >= 15 is 0 Å². The second-order valence-corrected chi connectivity index (χ2v) is 2.11. The van der Waals surface area contributed by atoms with E-state index in [0.29, 0.717) is 0 Å². The number of hydrogen-bond donors (Lipinski definition) is 0. The Kier molecular flexibility index (Phi) is 1.60. The molecular weight excluding hydrogens is 155 g/mol. The van der Waals surface area contributed by atoms with E-state index < -0.39 is 24.4 Å². The van der Waals surface area contributed by atoms with Crippen LogP contribution in [0.1, 0.15) is 0 Å². The van der Waals surface area contributed by atoms with Gasteiger partial charge in [-0.05, 0) is 0 Å². The van der Waals surface area contributed by atoms with Crippen molar-refractivity contribution in [2.24, 2.45) is 0 Å². The Morgan fingerprint density at radius 2 is 1.60 bits per heavy atom. The van der Waals surface area contributed by atoms with E-state index in [4.69, 9.17) is 0 Å². The molecule has 3 atom stereocenters. The predicted octanol–water partition coefficient (Wildman–Crippen LogP) is 1.85. The number of alkyl halides is 5. The molecule has 10 heavy (non-hydrogen) atoms. The van der Waals surface area contributed by atoms with Crippen molar-refractivity contribution in [3.05, 3.63) is 6.42 Å². The van der Waals surface area contributed by atoms with E-state index in [9.17, 15) is 22.0 Å². The van der Waals surface area contributed by atoms with Crippen LogP contribution in [0.25, 0.3) is 0 Å². The lowest BCUT2D eigenvalue weighted by molar-refractivity contribution is -0.0993. The quantitative estimate of drug-likeness (QED) is 0.473. The van der Waals surface area contributed by atoms with Crippen LogP contribution in [0, 0.1) is 6.42 Å². The van der Waals surface area contributed by atoms with Crippen LogP contribution in [-0.2, 0) is 0 Å². The molecular formula is C5H4F5. The molecule has 5 heteroatoms. The first kappa shape index (κ1) is 7.75. The minimum atomic E-state index is -4.18. The maximum absolute atomic E-state index is 12.0. The number of hydrogen-bond acceptors (Lipinski definition) is 0. The zero-order valence-corrected chi connectivity index (χ0v) is 4.70. The van der Waals surface area contributed by atoms with Crippen molar-refractivity contribution >= 4 is 0 Å². The van der Waals surface area contributed by atoms with E-state index in [1.165, 1.54) is 0 Å². The van der Waals surface area contributed by atoms with Crippen LogP contribution < -0.4 is 0 Å². The molecule has 0 nitrogen and oxygen atoms in total. The van der Waals surface area contributed by atoms with Crippen LogP contribution in [0.4, 0.5) is 22.0 Å². The summed E-state index contributed by atoms with van der Waals surface area (Å²) < 4.78 is 59.7. The summed E-state index contributed by atoms with van der Waals surface area (Å²) in [4.78, 5) is 0. The molecule has 1 saturated carbocycles. The van der Waals surface area contributed by atoms with Crippen LogP contribution in [-0.4, -0.2) is 24.4 Å². The van der Waals surface area contributed by atoms with Crippen molar-refractivity contribution in [2.45, 2.75) is 24.4 Å². The molecule has 0 saturated heterocycles. The van der Waals surface area contributed by atoms with E-state index in [1.807, 2.05) is 0 Å². The average molecular weight is 159 g/mol. The Balaban J connectivity index is 2.75. The van der Waals surface area contributed by atoms with Gasteiger partial charge in [0.05, 0.1) is 0 Å². The Labute approximate surface area is 54.0 Å². The molecule has 3 unspecified atom stereocenters. The topological polar surface area (TPSA) is 0 Å². The lowest BCUT2D eigenvalue weighted by atomic mass is 10.2. The van der Waals surface area contributed by atoms with E-state index in [0.717, 1.165) is 0 Å². The lowest BCUT2D eigenvalue weighted by Gasteiger charge is -2.12. The zero-order chi connectivity index (χ0) is 7.94. The van der Waals surface area contributed by atoms with Crippen molar-refractivity contribution in [3.63, 3.8) is 0 Å². The van der Waals surface area contributed by atoms with Gasteiger partial charge in [0.15, 0.2) is 12.3 Å². The summed E-state index contributed by atoms with van der Waals surface area (Å²) in [6, 6.07) is 0. The highest BCUT2D eigenvalue weighted by Crippen LogP contribution is 2.40. The van der Waals surface area contributed by atoms with Gasteiger partial charge >= 0.3 is 5.92 Å². The monoisotopic (exact) mass is 159 g/mol. The highest BCUT2D eigenvalue weighted by Gasteiger charge is 2.59. The molecule has 0 bridgehead atoms. The van der Waals surface area contributed by atoms with Gasteiger partial charge in [-0.2, -0.15) is 8.78 Å². The van der Waals surface area contributed by atoms with Gasteiger partial charge < -0.3 is 0 Å². The third-order valence-electron chi connectivity index (χ3n) is 1.37.